The molecule has 0 spiro atoms. The van der Waals surface area contributed by atoms with E-state index in [1.165, 1.54) is 64.2 Å². The number of aromatic nitrogens is 1. The van der Waals surface area contributed by atoms with Gasteiger partial charge in [-0.2, -0.15) is 0 Å². The van der Waals surface area contributed by atoms with Crippen molar-refractivity contribution >= 4 is 6.34 Å². The van der Waals surface area contributed by atoms with Crippen LogP contribution in [0, 0.1) is 0 Å². The highest BCUT2D eigenvalue weighted by Crippen LogP contribution is 2.11. The molecule has 1 aromatic heterocycles. The minimum atomic E-state index is 0.735. The Hall–Kier alpha value is -1.62. The summed E-state index contributed by atoms with van der Waals surface area (Å²) in [6, 6.07) is 5.98. The van der Waals surface area contributed by atoms with Crippen LogP contribution >= 0.6 is 0 Å². The summed E-state index contributed by atoms with van der Waals surface area (Å²) in [6.07, 6.45) is 17.3. The Bertz CT molecular complexity index is 448. The summed E-state index contributed by atoms with van der Waals surface area (Å²) in [6.45, 7) is 3.97. The van der Waals surface area contributed by atoms with Crippen molar-refractivity contribution in [1.29, 1.82) is 0 Å². The Kier molecular flexibility index (Phi) is 9.24. The predicted octanol–water partition coefficient (Wildman–Crippen LogP) is 4.48. The van der Waals surface area contributed by atoms with Gasteiger partial charge in [0.2, 0.25) is 0 Å². The largest absolute Gasteiger partial charge is 0.271 e. The molecule has 1 aliphatic heterocycles. The molecule has 2 heterocycles. The van der Waals surface area contributed by atoms with Gasteiger partial charge in [-0.15, -0.1) is 10.6 Å². The molecule has 0 saturated carbocycles. The van der Waals surface area contributed by atoms with Crippen molar-refractivity contribution in [2.75, 3.05) is 6.54 Å². The SMILES string of the molecule is CCCCCCCCCCCCN1N=CN(Cc2ccccn2)N1. The Morgan fingerprint density at radius 2 is 1.62 bits per heavy atom. The predicted molar refractivity (Wildman–Crippen MR) is 100.0 cm³/mol. The Morgan fingerprint density at radius 3 is 2.29 bits per heavy atom. The smallest absolute Gasteiger partial charge is 0.129 e. The van der Waals surface area contributed by atoms with Gasteiger partial charge in [0, 0.05) is 6.20 Å². The summed E-state index contributed by atoms with van der Waals surface area (Å²) in [7, 11) is 0. The van der Waals surface area contributed by atoms with Crippen LogP contribution in [0.3, 0.4) is 0 Å². The van der Waals surface area contributed by atoms with E-state index in [-0.39, 0.29) is 0 Å². The molecule has 134 valence electrons. The van der Waals surface area contributed by atoms with Gasteiger partial charge < -0.3 is 0 Å². The highest BCUT2D eigenvalue weighted by molar-refractivity contribution is 5.55. The molecule has 1 aliphatic rings. The fourth-order valence-corrected chi connectivity index (χ4v) is 2.92. The number of nitrogens with one attached hydrogen (secondary N) is 1. The minimum absolute atomic E-state index is 0.735. The van der Waals surface area contributed by atoms with Gasteiger partial charge in [-0.25, -0.2) is 5.12 Å². The van der Waals surface area contributed by atoms with E-state index in [2.05, 4.69) is 22.5 Å². The molecule has 0 unspecified atom stereocenters. The van der Waals surface area contributed by atoms with Crippen LogP contribution in [0.25, 0.3) is 0 Å². The van der Waals surface area contributed by atoms with Gasteiger partial charge in [0.25, 0.3) is 0 Å². The van der Waals surface area contributed by atoms with E-state index < -0.39 is 0 Å². The lowest BCUT2D eigenvalue weighted by Crippen LogP contribution is -2.40. The first-order valence-corrected chi connectivity index (χ1v) is 9.63. The zero-order valence-corrected chi connectivity index (χ0v) is 15.2. The van der Waals surface area contributed by atoms with Crippen LogP contribution in [0.2, 0.25) is 0 Å². The van der Waals surface area contributed by atoms with Crippen LogP contribution in [0.5, 0.6) is 0 Å². The minimum Gasteiger partial charge on any atom is -0.271 e. The number of unbranched alkanes of at least 4 members (excludes halogenated alkanes) is 9. The molecule has 5 nitrogen and oxygen atoms in total. The van der Waals surface area contributed by atoms with E-state index >= 15 is 0 Å². The number of rotatable bonds is 13. The topological polar surface area (TPSA) is 43.8 Å². The first-order valence-electron chi connectivity index (χ1n) is 9.63. The molecule has 0 amide bonds. The van der Waals surface area contributed by atoms with Crippen molar-refractivity contribution in [3.05, 3.63) is 30.1 Å². The van der Waals surface area contributed by atoms with Gasteiger partial charge in [-0.3, -0.25) is 9.99 Å². The Balaban J connectivity index is 1.43. The van der Waals surface area contributed by atoms with Crippen molar-refractivity contribution in [1.82, 2.24) is 20.6 Å². The number of nitrogens with zero attached hydrogens (tertiary/aromatic N) is 4. The third kappa shape index (κ3) is 7.77. The molecule has 0 aliphatic carbocycles. The van der Waals surface area contributed by atoms with Gasteiger partial charge >= 0.3 is 0 Å². The second kappa shape index (κ2) is 11.8. The normalized spacial score (nSPS) is 13.9. The van der Waals surface area contributed by atoms with E-state index in [1.807, 2.05) is 40.9 Å². The number of hydrazone groups is 1. The molecule has 0 bridgehead atoms. The standard InChI is InChI=1S/C19H33N5/c1-2-3-4-5-6-7-8-9-10-13-16-24-21-18-23(22-24)17-19-14-11-12-15-20-19/h11-12,14-15,18,22H,2-10,13,16-17H2,1H3. The Labute approximate surface area is 147 Å². The number of hydrogen-bond donors (Lipinski definition) is 1. The molecule has 0 aromatic carbocycles. The summed E-state index contributed by atoms with van der Waals surface area (Å²) in [5.41, 5.74) is 4.31. The maximum absolute atomic E-state index is 4.38. The number of hydrogen-bond acceptors (Lipinski definition) is 5. The monoisotopic (exact) mass is 331 g/mol. The van der Waals surface area contributed by atoms with Gasteiger partial charge in [0.1, 0.15) is 6.34 Å². The third-order valence-electron chi connectivity index (χ3n) is 4.36. The highest BCUT2D eigenvalue weighted by Gasteiger charge is 2.12. The third-order valence-corrected chi connectivity index (χ3v) is 4.36. The number of hydrazine groups is 2. The van der Waals surface area contributed by atoms with Crippen LogP contribution in [0.15, 0.2) is 29.5 Å². The molecular formula is C19H33N5. The van der Waals surface area contributed by atoms with Crippen molar-refractivity contribution in [3.63, 3.8) is 0 Å². The molecule has 0 fully saturated rings. The number of pyridine rings is 1. The lowest BCUT2D eigenvalue weighted by Gasteiger charge is -2.19. The van der Waals surface area contributed by atoms with Gasteiger partial charge in [-0.1, -0.05) is 70.8 Å². The quantitative estimate of drug-likeness (QED) is 0.541. The van der Waals surface area contributed by atoms with Crippen molar-refractivity contribution < 1.29 is 0 Å². The molecule has 24 heavy (non-hydrogen) atoms. The second-order valence-electron chi connectivity index (χ2n) is 6.59. The molecule has 2 rings (SSSR count). The van der Waals surface area contributed by atoms with E-state index in [0.717, 1.165) is 18.8 Å². The summed E-state index contributed by atoms with van der Waals surface area (Å²) < 4.78 is 0. The van der Waals surface area contributed by atoms with Crippen LogP contribution < -0.4 is 5.53 Å². The zero-order valence-electron chi connectivity index (χ0n) is 15.2. The van der Waals surface area contributed by atoms with E-state index in [9.17, 15) is 0 Å². The van der Waals surface area contributed by atoms with Gasteiger partial charge in [-0.05, 0) is 18.6 Å². The van der Waals surface area contributed by atoms with Crippen LogP contribution in [-0.2, 0) is 6.54 Å². The Morgan fingerprint density at radius 1 is 0.917 bits per heavy atom. The van der Waals surface area contributed by atoms with Crippen LogP contribution in [0.1, 0.15) is 76.8 Å². The lowest BCUT2D eigenvalue weighted by atomic mass is 10.1. The molecule has 0 atom stereocenters. The lowest BCUT2D eigenvalue weighted by molar-refractivity contribution is 0.107. The fraction of sp³-hybridized carbons (Fsp3) is 0.684. The molecule has 5 heteroatoms. The molecule has 0 saturated heterocycles. The first-order chi connectivity index (χ1) is 11.9. The highest BCUT2D eigenvalue weighted by atomic mass is 15.9. The zero-order chi connectivity index (χ0) is 16.9. The van der Waals surface area contributed by atoms with Gasteiger partial charge in [0.15, 0.2) is 0 Å². The summed E-state index contributed by atoms with van der Waals surface area (Å²) >= 11 is 0. The maximum Gasteiger partial charge on any atom is 0.129 e. The summed E-state index contributed by atoms with van der Waals surface area (Å²) in [5, 5.41) is 8.28. The fourth-order valence-electron chi connectivity index (χ4n) is 2.92. The van der Waals surface area contributed by atoms with E-state index in [4.69, 9.17) is 0 Å². The summed E-state index contributed by atoms with van der Waals surface area (Å²) in [4.78, 5) is 4.33. The first kappa shape index (κ1) is 18.7. The van der Waals surface area contributed by atoms with E-state index in [1.54, 1.807) is 0 Å². The van der Waals surface area contributed by atoms with E-state index in [0.29, 0.717) is 0 Å². The average Bonchev–Trinajstić information content (AvgIpc) is 3.05. The van der Waals surface area contributed by atoms with Crippen LogP contribution in [0.4, 0.5) is 0 Å². The summed E-state index contributed by atoms with van der Waals surface area (Å²) in [5.74, 6) is 0. The van der Waals surface area contributed by atoms with Crippen molar-refractivity contribution in [3.8, 4) is 0 Å². The molecular weight excluding hydrogens is 298 g/mol. The molecule has 1 N–H and O–H groups in total. The van der Waals surface area contributed by atoms with Gasteiger partial charge in [0.05, 0.1) is 18.8 Å². The van der Waals surface area contributed by atoms with Crippen molar-refractivity contribution in [2.24, 2.45) is 5.10 Å². The molecule has 1 aromatic rings. The average molecular weight is 332 g/mol. The van der Waals surface area contributed by atoms with Crippen LogP contribution in [-0.4, -0.2) is 28.0 Å². The molecule has 0 radical (unpaired) electrons. The maximum atomic E-state index is 4.38. The van der Waals surface area contributed by atoms with Crippen molar-refractivity contribution in [2.45, 2.75) is 77.7 Å². The second-order valence-corrected chi connectivity index (χ2v) is 6.59.